The number of aryl methyl sites for hydroxylation is 1. The van der Waals surface area contributed by atoms with E-state index in [9.17, 15) is 14.7 Å². The minimum absolute atomic E-state index is 0.153. The number of hydrogen-bond acceptors (Lipinski definition) is 4. The van der Waals surface area contributed by atoms with Gasteiger partial charge in [0, 0.05) is 12.0 Å². The van der Waals surface area contributed by atoms with Crippen molar-refractivity contribution in [2.24, 2.45) is 0 Å². The van der Waals surface area contributed by atoms with Crippen molar-refractivity contribution < 1.29 is 19.8 Å². The Morgan fingerprint density at radius 3 is 2.76 bits per heavy atom. The molecule has 88 valence electrons. The number of rotatable bonds is 5. The average Bonchev–Trinajstić information content (AvgIpc) is 2.35. The lowest BCUT2D eigenvalue weighted by atomic mass is 9.99. The van der Waals surface area contributed by atoms with Crippen molar-refractivity contribution in [2.75, 3.05) is 0 Å². The molecule has 0 spiro atoms. The topological polar surface area (TPSA) is 98.4 Å². The van der Waals surface area contributed by atoms with Gasteiger partial charge in [0.2, 0.25) is 0 Å². The zero-order valence-corrected chi connectivity index (χ0v) is 8.96. The van der Waals surface area contributed by atoms with Gasteiger partial charge in [-0.25, -0.2) is 4.79 Å². The van der Waals surface area contributed by atoms with Gasteiger partial charge in [-0.15, -0.1) is 0 Å². The van der Waals surface area contributed by atoms with Crippen molar-refractivity contribution in [3.05, 3.63) is 34.9 Å². The number of carbonyl (C=O) groups is 2. The van der Waals surface area contributed by atoms with Gasteiger partial charge in [-0.3, -0.25) is 4.79 Å². The summed E-state index contributed by atoms with van der Waals surface area (Å²) in [6, 6.07) is 6.30. The number of aldehydes is 1. The summed E-state index contributed by atoms with van der Waals surface area (Å²) in [5, 5.41) is 26.4. The Morgan fingerprint density at radius 2 is 2.24 bits per heavy atom. The van der Waals surface area contributed by atoms with E-state index in [2.05, 4.69) is 0 Å². The van der Waals surface area contributed by atoms with Gasteiger partial charge >= 0.3 is 5.97 Å². The molecule has 0 aliphatic rings. The highest BCUT2D eigenvalue weighted by atomic mass is 16.4. The summed E-state index contributed by atoms with van der Waals surface area (Å²) < 4.78 is 0. The van der Waals surface area contributed by atoms with Crippen LogP contribution in [0.15, 0.2) is 18.2 Å². The number of carboxylic acid groups (broad SMARTS) is 1. The molecule has 0 amide bonds. The van der Waals surface area contributed by atoms with Gasteiger partial charge in [0.1, 0.15) is 6.29 Å². The second-order valence-electron chi connectivity index (χ2n) is 3.47. The second kappa shape index (κ2) is 5.77. The predicted molar refractivity (Wildman–Crippen MR) is 58.4 cm³/mol. The molecule has 0 saturated heterocycles. The van der Waals surface area contributed by atoms with Crippen molar-refractivity contribution >= 4 is 12.3 Å². The smallest absolute Gasteiger partial charge is 0.337 e. The van der Waals surface area contributed by atoms with E-state index in [1.165, 1.54) is 12.1 Å². The zero-order chi connectivity index (χ0) is 12.8. The molecule has 0 heterocycles. The number of carboxylic acids is 1. The molecular formula is C12H11NO4. The first-order valence-corrected chi connectivity index (χ1v) is 4.96. The fourth-order valence-electron chi connectivity index (χ4n) is 1.45. The summed E-state index contributed by atoms with van der Waals surface area (Å²) in [6.07, 6.45) is -0.348. The molecule has 0 aliphatic carbocycles. The monoisotopic (exact) mass is 233 g/mol. The molecule has 17 heavy (non-hydrogen) atoms. The van der Waals surface area contributed by atoms with E-state index in [4.69, 9.17) is 10.4 Å². The van der Waals surface area contributed by atoms with Gasteiger partial charge in [-0.2, -0.15) is 5.26 Å². The van der Waals surface area contributed by atoms with Crippen LogP contribution in [0.4, 0.5) is 0 Å². The number of aliphatic hydroxyl groups is 1. The number of nitrogens with zero attached hydrogens (tertiary/aromatic N) is 1. The van der Waals surface area contributed by atoms with E-state index in [1.807, 2.05) is 6.07 Å². The minimum atomic E-state index is -1.64. The number of carbonyl (C=O) groups excluding carboxylic acids is 1. The van der Waals surface area contributed by atoms with E-state index in [-0.39, 0.29) is 12.0 Å². The van der Waals surface area contributed by atoms with Crippen LogP contribution >= 0.6 is 0 Å². The van der Waals surface area contributed by atoms with Crippen LogP contribution in [-0.4, -0.2) is 22.5 Å². The van der Waals surface area contributed by atoms with Crippen LogP contribution in [-0.2, 0) is 11.2 Å². The van der Waals surface area contributed by atoms with E-state index in [1.54, 1.807) is 6.07 Å². The van der Waals surface area contributed by atoms with Crippen molar-refractivity contribution in [3.63, 3.8) is 0 Å². The number of aliphatic hydroxyl groups excluding tert-OH is 1. The van der Waals surface area contributed by atoms with Gasteiger partial charge in [-0.05, 0) is 23.6 Å². The minimum Gasteiger partial charge on any atom is -0.479 e. The Bertz CT molecular complexity index is 476. The molecule has 2 N–H and O–H groups in total. The first kappa shape index (κ1) is 12.9. The quantitative estimate of drug-likeness (QED) is 0.741. The Kier molecular flexibility index (Phi) is 4.37. The summed E-state index contributed by atoms with van der Waals surface area (Å²) in [6.45, 7) is 0. The van der Waals surface area contributed by atoms with E-state index in [0.717, 1.165) is 0 Å². The van der Waals surface area contributed by atoms with Gasteiger partial charge in [0.05, 0.1) is 6.07 Å². The number of aliphatic carboxylic acids is 1. The molecule has 1 rings (SSSR count). The van der Waals surface area contributed by atoms with E-state index >= 15 is 0 Å². The van der Waals surface area contributed by atoms with Crippen LogP contribution in [0.5, 0.6) is 0 Å². The number of hydrogen-bond donors (Lipinski definition) is 2. The fraction of sp³-hybridized carbons (Fsp3) is 0.250. The van der Waals surface area contributed by atoms with Crippen molar-refractivity contribution in [2.45, 2.75) is 18.9 Å². The summed E-state index contributed by atoms with van der Waals surface area (Å²) in [5.74, 6) is -1.37. The van der Waals surface area contributed by atoms with Gasteiger partial charge in [-0.1, -0.05) is 12.1 Å². The zero-order valence-electron chi connectivity index (χ0n) is 8.96. The molecule has 0 fully saturated rings. The maximum atomic E-state index is 10.8. The van der Waals surface area contributed by atoms with E-state index in [0.29, 0.717) is 23.8 Å². The maximum Gasteiger partial charge on any atom is 0.337 e. The highest BCUT2D eigenvalue weighted by Crippen LogP contribution is 2.18. The normalized spacial score (nSPS) is 11.5. The lowest BCUT2D eigenvalue weighted by Crippen LogP contribution is -2.11. The van der Waals surface area contributed by atoms with Crippen LogP contribution in [0.1, 0.15) is 34.0 Å². The Hall–Kier alpha value is -2.19. The molecule has 0 saturated carbocycles. The molecule has 1 atom stereocenters. The first-order valence-electron chi connectivity index (χ1n) is 4.96. The molecular weight excluding hydrogens is 222 g/mol. The lowest BCUT2D eigenvalue weighted by molar-refractivity contribution is -0.146. The average molecular weight is 233 g/mol. The van der Waals surface area contributed by atoms with Crippen LogP contribution in [0.2, 0.25) is 0 Å². The highest BCUT2D eigenvalue weighted by molar-refractivity contribution is 5.80. The molecule has 0 aliphatic heterocycles. The second-order valence-corrected chi connectivity index (χ2v) is 3.47. The summed E-state index contributed by atoms with van der Waals surface area (Å²) >= 11 is 0. The Morgan fingerprint density at radius 1 is 1.53 bits per heavy atom. The molecule has 1 aromatic carbocycles. The predicted octanol–water partition coefficient (Wildman–Crippen LogP) is 1.07. The molecule has 1 aromatic rings. The largest absolute Gasteiger partial charge is 0.479 e. The summed E-state index contributed by atoms with van der Waals surface area (Å²) in [7, 11) is 0. The van der Waals surface area contributed by atoms with Crippen LogP contribution in [0, 0.1) is 11.3 Å². The Balaban J connectivity index is 3.04. The molecule has 0 radical (unpaired) electrons. The third kappa shape index (κ3) is 3.13. The molecule has 5 heteroatoms. The maximum absolute atomic E-state index is 10.8. The number of nitriles is 1. The Labute approximate surface area is 97.9 Å². The van der Waals surface area contributed by atoms with Crippen molar-refractivity contribution in [3.8, 4) is 6.07 Å². The third-order valence-electron chi connectivity index (χ3n) is 2.35. The van der Waals surface area contributed by atoms with Crippen molar-refractivity contribution in [1.82, 2.24) is 0 Å². The standard InChI is InChI=1S/C12H11NO4/c13-5-1-2-8-3-4-9(6-10(8)7-14)11(15)12(16)17/h3-4,6-7,11,15H,1-2H2,(H,16,17). The van der Waals surface area contributed by atoms with Gasteiger partial charge in [0.25, 0.3) is 0 Å². The molecule has 0 bridgehead atoms. The molecule has 1 unspecified atom stereocenters. The first-order chi connectivity index (χ1) is 8.10. The lowest BCUT2D eigenvalue weighted by Gasteiger charge is -2.09. The van der Waals surface area contributed by atoms with E-state index < -0.39 is 12.1 Å². The van der Waals surface area contributed by atoms with Gasteiger partial charge in [0.15, 0.2) is 6.10 Å². The highest BCUT2D eigenvalue weighted by Gasteiger charge is 2.17. The molecule has 5 nitrogen and oxygen atoms in total. The third-order valence-corrected chi connectivity index (χ3v) is 2.35. The molecule has 0 aromatic heterocycles. The SMILES string of the molecule is N#CCCc1ccc(C(O)C(=O)O)cc1C=O. The van der Waals surface area contributed by atoms with Crippen molar-refractivity contribution in [1.29, 1.82) is 5.26 Å². The summed E-state index contributed by atoms with van der Waals surface area (Å²) in [5.41, 5.74) is 1.13. The van der Waals surface area contributed by atoms with Crippen LogP contribution < -0.4 is 0 Å². The van der Waals surface area contributed by atoms with Crippen LogP contribution in [0.3, 0.4) is 0 Å². The van der Waals surface area contributed by atoms with Gasteiger partial charge < -0.3 is 10.2 Å². The fourth-order valence-corrected chi connectivity index (χ4v) is 1.45. The van der Waals surface area contributed by atoms with Crippen LogP contribution in [0.25, 0.3) is 0 Å². The summed E-state index contributed by atoms with van der Waals surface area (Å²) in [4.78, 5) is 21.4. The number of benzene rings is 1.